The molecule has 2 radical (unpaired) electrons. The molecule has 0 unspecified atom stereocenters. The highest BCUT2D eigenvalue weighted by molar-refractivity contribution is 6.08. The van der Waals surface area contributed by atoms with Crippen LogP contribution >= 0.6 is 0 Å². The van der Waals surface area contributed by atoms with Crippen molar-refractivity contribution < 1.29 is 4.79 Å². The van der Waals surface area contributed by atoms with Gasteiger partial charge in [0.25, 0.3) is 5.56 Å². The normalized spacial score (nSPS) is 11.4. The summed E-state index contributed by atoms with van der Waals surface area (Å²) in [5, 5.41) is 16.9. The molecule has 2 N–H and O–H groups in total. The molecule has 12 heteroatoms. The number of allylic oxidation sites excluding steroid dienone is 1. The third-order valence-corrected chi connectivity index (χ3v) is 9.06. The number of hydrogen-bond acceptors (Lipinski definition) is 6. The van der Waals surface area contributed by atoms with E-state index < -0.39 is 0 Å². The summed E-state index contributed by atoms with van der Waals surface area (Å²) in [6.07, 6.45) is 7.02. The molecule has 1 amide bonds. The Hall–Kier alpha value is -7.31. The van der Waals surface area contributed by atoms with Crippen LogP contribution in [0.4, 0.5) is 0 Å². The Morgan fingerprint density at radius 3 is 1.69 bits per heavy atom. The number of hydrogen-bond donors (Lipinski definition) is 2. The van der Waals surface area contributed by atoms with E-state index >= 15 is 0 Å². The van der Waals surface area contributed by atoms with E-state index in [-0.39, 0.29) is 36.5 Å². The number of fused-ring (bicyclic) bond motifs is 2. The van der Waals surface area contributed by atoms with Crippen LogP contribution in [0.15, 0.2) is 126 Å². The minimum Gasteiger partial charge on any atom is -0.381 e. The lowest BCUT2D eigenvalue weighted by atomic mass is 10.0. The van der Waals surface area contributed by atoms with E-state index in [1.807, 2.05) is 94.8 Å². The Kier molecular flexibility index (Phi) is 13.1. The number of amides is 1. The van der Waals surface area contributed by atoms with Crippen LogP contribution < -0.4 is 21.8 Å². The topological polar surface area (TPSA) is 121 Å². The summed E-state index contributed by atoms with van der Waals surface area (Å²) in [6.45, 7) is 11.1. The van der Waals surface area contributed by atoms with Gasteiger partial charge in [-0.25, -0.2) is 0 Å². The number of carbonyl (C=O) groups excluding carboxylic acids is 1. The van der Waals surface area contributed by atoms with Crippen LogP contribution in [-0.2, 0) is 18.9 Å². The zero-order chi connectivity index (χ0) is 40.8. The molecule has 11 nitrogen and oxygen atoms in total. The molecule has 0 saturated carbocycles. The minimum atomic E-state index is -0.389. The highest BCUT2D eigenvalue weighted by Gasteiger charge is 2.18. The van der Waals surface area contributed by atoms with Crippen LogP contribution in [0.3, 0.4) is 0 Å². The molecule has 0 bridgehead atoms. The van der Waals surface area contributed by atoms with E-state index in [0.29, 0.717) is 27.6 Å². The molecule has 7 aromatic rings. The molecule has 290 valence electrons. The van der Waals surface area contributed by atoms with Gasteiger partial charge in [0.1, 0.15) is 0 Å². The van der Waals surface area contributed by atoms with Crippen LogP contribution in [0.2, 0.25) is 0 Å². The molecule has 0 aliphatic carbocycles. The molecule has 0 aliphatic rings. The molecular weight excluding hydrogens is 723 g/mol. The summed E-state index contributed by atoms with van der Waals surface area (Å²) in [4.78, 5) is 37.9. The van der Waals surface area contributed by atoms with Crippen molar-refractivity contribution in [1.82, 2.24) is 39.2 Å². The highest BCUT2D eigenvalue weighted by atomic mass is 16.1. The first-order chi connectivity index (χ1) is 27.3. The van der Waals surface area contributed by atoms with E-state index in [0.717, 1.165) is 43.5 Å². The van der Waals surface area contributed by atoms with E-state index in [1.54, 1.807) is 51.6 Å². The Bertz CT molecular complexity index is 2900. The van der Waals surface area contributed by atoms with Crippen molar-refractivity contribution in [1.29, 1.82) is 0 Å². The fourth-order valence-electron chi connectivity index (χ4n) is 6.55. The van der Waals surface area contributed by atoms with Crippen molar-refractivity contribution in [2.45, 2.75) is 47.2 Å². The smallest absolute Gasteiger partial charge is 0.264 e. The SMILES string of the molecule is C.C=C(C)N[C@@H](C)c1cc2cccc(C#Cc3cnn(C)c3)c2c(=O)n1-c1ccccc1.[B]n1c([C@H](C)NC(C)=O)cc2cccc(C#Cc3cnn(C)c3)c2c1=O. The number of nitrogens with zero attached hydrogens (tertiary/aromatic N) is 6. The molecule has 0 saturated heterocycles. The largest absolute Gasteiger partial charge is 0.381 e. The van der Waals surface area contributed by atoms with Crippen LogP contribution in [-0.4, -0.2) is 42.5 Å². The number of nitrogens with one attached hydrogen (secondary N) is 2. The lowest BCUT2D eigenvalue weighted by Crippen LogP contribution is -2.31. The van der Waals surface area contributed by atoms with Gasteiger partial charge in [0.2, 0.25) is 19.4 Å². The molecule has 7 rings (SSSR count). The summed E-state index contributed by atoms with van der Waals surface area (Å²) in [5.74, 6) is 12.1. The monoisotopic (exact) mass is 768 g/mol. The van der Waals surface area contributed by atoms with Gasteiger partial charge < -0.3 is 15.1 Å². The summed E-state index contributed by atoms with van der Waals surface area (Å²) in [6, 6.07) is 24.3. The Morgan fingerprint density at radius 1 is 0.707 bits per heavy atom. The number of aryl methyl sites for hydroxylation is 2. The molecule has 58 heavy (non-hydrogen) atoms. The van der Waals surface area contributed by atoms with Gasteiger partial charge in [-0.2, -0.15) is 10.2 Å². The molecule has 0 fully saturated rings. The van der Waals surface area contributed by atoms with Gasteiger partial charge in [-0.05, 0) is 67.9 Å². The van der Waals surface area contributed by atoms with Crippen LogP contribution in [0.1, 0.15) is 80.8 Å². The lowest BCUT2D eigenvalue weighted by Gasteiger charge is -2.22. The predicted octanol–water partition coefficient (Wildman–Crippen LogP) is 6.21. The van der Waals surface area contributed by atoms with Gasteiger partial charge in [0, 0.05) is 67.3 Å². The van der Waals surface area contributed by atoms with Gasteiger partial charge in [0.15, 0.2) is 0 Å². The summed E-state index contributed by atoms with van der Waals surface area (Å²) >= 11 is 0. The van der Waals surface area contributed by atoms with Gasteiger partial charge >= 0.3 is 0 Å². The fourth-order valence-corrected chi connectivity index (χ4v) is 6.55. The lowest BCUT2D eigenvalue weighted by molar-refractivity contribution is -0.119. The minimum absolute atomic E-state index is 0. The average Bonchev–Trinajstić information content (AvgIpc) is 3.80. The molecule has 4 aromatic heterocycles. The first-order valence-corrected chi connectivity index (χ1v) is 18.2. The third-order valence-electron chi connectivity index (χ3n) is 9.06. The van der Waals surface area contributed by atoms with Crippen molar-refractivity contribution in [3.05, 3.63) is 170 Å². The van der Waals surface area contributed by atoms with Crippen molar-refractivity contribution in [3.63, 3.8) is 0 Å². The number of carbonyl (C=O) groups is 1. The number of aromatic nitrogens is 6. The summed E-state index contributed by atoms with van der Waals surface area (Å²) in [7, 11) is 9.66. The second kappa shape index (κ2) is 18.1. The van der Waals surface area contributed by atoms with E-state index in [1.165, 1.54) is 6.92 Å². The number of rotatable bonds is 6. The first-order valence-electron chi connectivity index (χ1n) is 18.2. The predicted molar refractivity (Wildman–Crippen MR) is 233 cm³/mol. The average molecular weight is 769 g/mol. The van der Waals surface area contributed by atoms with E-state index in [4.69, 9.17) is 7.98 Å². The van der Waals surface area contributed by atoms with Gasteiger partial charge in [0.05, 0.1) is 46.4 Å². The number of benzene rings is 3. The highest BCUT2D eigenvalue weighted by Crippen LogP contribution is 2.24. The second-order valence-corrected chi connectivity index (χ2v) is 13.7. The summed E-state index contributed by atoms with van der Waals surface area (Å²) < 4.78 is 6.20. The summed E-state index contributed by atoms with van der Waals surface area (Å²) in [5.41, 5.74) is 5.45. The van der Waals surface area contributed by atoms with Crippen LogP contribution in [0.5, 0.6) is 0 Å². The molecule has 4 heterocycles. The van der Waals surface area contributed by atoms with Gasteiger partial charge in [-0.1, -0.05) is 80.2 Å². The molecule has 2 atom stereocenters. The molecule has 3 aromatic carbocycles. The maximum Gasteiger partial charge on any atom is 0.264 e. The second-order valence-electron chi connectivity index (χ2n) is 13.7. The van der Waals surface area contributed by atoms with Crippen molar-refractivity contribution >= 4 is 35.4 Å². The first kappa shape index (κ1) is 41.8. The van der Waals surface area contributed by atoms with Gasteiger partial charge in [-0.15, -0.1) is 0 Å². The third kappa shape index (κ3) is 9.38. The van der Waals surface area contributed by atoms with Crippen molar-refractivity contribution in [3.8, 4) is 29.4 Å². The number of pyridine rings is 2. The van der Waals surface area contributed by atoms with Gasteiger partial charge in [-0.3, -0.25) is 28.3 Å². The molecule has 0 aliphatic heterocycles. The van der Waals surface area contributed by atoms with Crippen LogP contribution in [0, 0.1) is 23.7 Å². The van der Waals surface area contributed by atoms with Crippen LogP contribution in [0.25, 0.3) is 27.2 Å². The van der Waals surface area contributed by atoms with E-state index in [9.17, 15) is 14.4 Å². The Balaban J connectivity index is 0.000000221. The maximum atomic E-state index is 13.8. The molecular formula is C46H45BN8O3. The Labute approximate surface area is 339 Å². The quantitative estimate of drug-likeness (QED) is 0.154. The van der Waals surface area contributed by atoms with Crippen molar-refractivity contribution in [2.24, 2.45) is 14.1 Å². The molecule has 0 spiro atoms. The maximum absolute atomic E-state index is 13.8. The van der Waals surface area contributed by atoms with Crippen molar-refractivity contribution in [2.75, 3.05) is 0 Å². The fraction of sp³-hybridized carbons (Fsp3) is 0.196. The Morgan fingerprint density at radius 2 is 1.21 bits per heavy atom. The zero-order valence-corrected chi connectivity index (χ0v) is 32.7. The number of para-hydroxylation sites is 1. The van der Waals surface area contributed by atoms with E-state index in [2.05, 4.69) is 57.2 Å². The standard InChI is InChI=1S/C26H24N4O.C19H17BN4O2.CH4/c1-18(2)28-19(3)24-15-22-10-8-9-21(14-13-20-16-27-29(4)17-20)25(22)26(31)30(24)23-11-6-5-7-12-23;1-12(22-13(2)25)17-9-16-6-4-5-15(18(16)19(26)24(17)20)8-7-14-10-21-23(3)11-14;/h5-12,15-17,19,28H,1H2,2-4H3;4-6,9-12H,1-3H3,(H,22,25);1H4/t19-;12-;/m00./s1. The zero-order valence-electron chi connectivity index (χ0n) is 32.7.